The van der Waals surface area contributed by atoms with Crippen molar-refractivity contribution in [2.24, 2.45) is 5.73 Å². The molecule has 2 aromatic heterocycles. The highest BCUT2D eigenvalue weighted by molar-refractivity contribution is 7.10. The fourth-order valence-electron chi connectivity index (χ4n) is 1.62. The SMILES string of the molecule is CC(N)c1nc(C(=O)N(C)CCc2cccs2)cs1. The lowest BCUT2D eigenvalue weighted by atomic mass is 10.3. The third-order valence-electron chi connectivity index (χ3n) is 2.75. The van der Waals surface area contributed by atoms with Crippen LogP contribution in [0.15, 0.2) is 22.9 Å². The summed E-state index contributed by atoms with van der Waals surface area (Å²) in [5.41, 5.74) is 6.24. The maximum atomic E-state index is 12.2. The predicted molar refractivity (Wildman–Crippen MR) is 79.7 cm³/mol. The summed E-state index contributed by atoms with van der Waals surface area (Å²) in [6, 6.07) is 3.99. The van der Waals surface area contributed by atoms with E-state index in [1.165, 1.54) is 16.2 Å². The van der Waals surface area contributed by atoms with Gasteiger partial charge in [0.2, 0.25) is 0 Å². The summed E-state index contributed by atoms with van der Waals surface area (Å²) in [7, 11) is 1.81. The van der Waals surface area contributed by atoms with E-state index in [2.05, 4.69) is 11.1 Å². The molecule has 2 N–H and O–H groups in total. The Bertz CT molecular complexity index is 534. The molecule has 6 heteroatoms. The van der Waals surface area contributed by atoms with Crippen molar-refractivity contribution >= 4 is 28.6 Å². The van der Waals surface area contributed by atoms with Gasteiger partial charge in [0.15, 0.2) is 0 Å². The number of thiophene rings is 1. The van der Waals surface area contributed by atoms with Gasteiger partial charge in [-0.2, -0.15) is 0 Å². The molecular weight excluding hydrogens is 278 g/mol. The first-order valence-corrected chi connectivity index (χ1v) is 7.82. The number of hydrogen-bond acceptors (Lipinski definition) is 5. The minimum absolute atomic E-state index is 0.0419. The number of carbonyl (C=O) groups is 1. The molecule has 4 nitrogen and oxygen atoms in total. The summed E-state index contributed by atoms with van der Waals surface area (Å²) in [5, 5.41) is 4.63. The van der Waals surface area contributed by atoms with E-state index in [9.17, 15) is 4.79 Å². The number of hydrogen-bond donors (Lipinski definition) is 1. The number of aromatic nitrogens is 1. The number of nitrogens with zero attached hydrogens (tertiary/aromatic N) is 2. The van der Waals surface area contributed by atoms with E-state index in [1.807, 2.05) is 18.4 Å². The first-order chi connectivity index (χ1) is 9.08. The molecule has 0 radical (unpaired) electrons. The predicted octanol–water partition coefficient (Wildman–Crippen LogP) is 2.54. The van der Waals surface area contributed by atoms with Crippen LogP contribution in [0.1, 0.15) is 33.3 Å². The lowest BCUT2D eigenvalue weighted by Gasteiger charge is -2.15. The van der Waals surface area contributed by atoms with E-state index in [-0.39, 0.29) is 11.9 Å². The second-order valence-electron chi connectivity index (χ2n) is 4.42. The summed E-state index contributed by atoms with van der Waals surface area (Å²) >= 11 is 3.15. The first kappa shape index (κ1) is 14.2. The average Bonchev–Trinajstić information content (AvgIpc) is 3.05. The van der Waals surface area contributed by atoms with Crippen molar-refractivity contribution in [1.82, 2.24) is 9.88 Å². The number of carbonyl (C=O) groups excluding carboxylic acids is 1. The molecule has 2 heterocycles. The summed E-state index contributed by atoms with van der Waals surface area (Å²) < 4.78 is 0. The monoisotopic (exact) mass is 295 g/mol. The molecule has 0 saturated heterocycles. The van der Waals surface area contributed by atoms with Crippen LogP contribution in [-0.4, -0.2) is 29.4 Å². The van der Waals surface area contributed by atoms with E-state index in [1.54, 1.807) is 28.7 Å². The Balaban J connectivity index is 1.94. The van der Waals surface area contributed by atoms with Crippen LogP contribution in [0.4, 0.5) is 0 Å². The zero-order valence-corrected chi connectivity index (χ0v) is 12.6. The van der Waals surface area contributed by atoms with Gasteiger partial charge in [-0.25, -0.2) is 4.98 Å². The van der Waals surface area contributed by atoms with E-state index >= 15 is 0 Å². The van der Waals surface area contributed by atoms with Gasteiger partial charge in [0.05, 0.1) is 6.04 Å². The van der Waals surface area contributed by atoms with Crippen LogP contribution in [0.5, 0.6) is 0 Å². The molecule has 2 aromatic rings. The van der Waals surface area contributed by atoms with Gasteiger partial charge in [0.1, 0.15) is 10.7 Å². The van der Waals surface area contributed by atoms with Gasteiger partial charge in [-0.3, -0.25) is 4.79 Å². The Morgan fingerprint density at radius 2 is 2.32 bits per heavy atom. The number of likely N-dealkylation sites (N-methyl/N-ethyl adjacent to an activating group) is 1. The molecule has 1 atom stereocenters. The largest absolute Gasteiger partial charge is 0.340 e. The molecule has 0 fully saturated rings. The summed E-state index contributed by atoms with van der Waals surface area (Å²) in [6.45, 7) is 2.57. The highest BCUT2D eigenvalue weighted by Crippen LogP contribution is 2.17. The van der Waals surface area contributed by atoms with Gasteiger partial charge in [0, 0.05) is 23.8 Å². The highest BCUT2D eigenvalue weighted by atomic mass is 32.1. The molecule has 19 heavy (non-hydrogen) atoms. The quantitative estimate of drug-likeness (QED) is 0.922. The molecule has 0 aliphatic heterocycles. The Kier molecular flexibility index (Phi) is 4.68. The third-order valence-corrected chi connectivity index (χ3v) is 4.73. The molecule has 0 spiro atoms. The normalized spacial score (nSPS) is 12.4. The third kappa shape index (κ3) is 3.62. The van der Waals surface area contributed by atoms with Crippen LogP contribution in [0.25, 0.3) is 0 Å². The lowest BCUT2D eigenvalue weighted by molar-refractivity contribution is 0.0791. The average molecular weight is 295 g/mol. The lowest BCUT2D eigenvalue weighted by Crippen LogP contribution is -2.29. The number of amides is 1. The molecule has 0 aliphatic rings. The molecule has 0 saturated carbocycles. The van der Waals surface area contributed by atoms with E-state index < -0.39 is 0 Å². The first-order valence-electron chi connectivity index (χ1n) is 6.06. The van der Waals surface area contributed by atoms with Gasteiger partial charge < -0.3 is 10.6 Å². The minimum atomic E-state index is -0.122. The number of thiazole rings is 1. The maximum absolute atomic E-state index is 12.2. The molecule has 1 amide bonds. The second kappa shape index (κ2) is 6.27. The molecule has 2 rings (SSSR count). The van der Waals surface area contributed by atoms with Gasteiger partial charge in [-0.15, -0.1) is 22.7 Å². The maximum Gasteiger partial charge on any atom is 0.273 e. The summed E-state index contributed by atoms with van der Waals surface area (Å²) in [5.74, 6) is -0.0419. The Hall–Kier alpha value is -1.24. The van der Waals surface area contributed by atoms with E-state index in [0.29, 0.717) is 12.2 Å². The fraction of sp³-hybridized carbons (Fsp3) is 0.385. The Labute approximate surface area is 120 Å². The molecule has 0 bridgehead atoms. The van der Waals surface area contributed by atoms with Crippen LogP contribution >= 0.6 is 22.7 Å². The summed E-state index contributed by atoms with van der Waals surface area (Å²) in [6.07, 6.45) is 0.879. The van der Waals surface area contributed by atoms with Crippen LogP contribution in [0.3, 0.4) is 0 Å². The van der Waals surface area contributed by atoms with Crippen LogP contribution in [0.2, 0.25) is 0 Å². The highest BCUT2D eigenvalue weighted by Gasteiger charge is 2.16. The zero-order valence-electron chi connectivity index (χ0n) is 11.0. The van der Waals surface area contributed by atoms with Crippen LogP contribution in [-0.2, 0) is 6.42 Å². The van der Waals surface area contributed by atoms with Crippen molar-refractivity contribution in [3.05, 3.63) is 38.5 Å². The van der Waals surface area contributed by atoms with Crippen molar-refractivity contribution in [2.45, 2.75) is 19.4 Å². The van der Waals surface area contributed by atoms with Crippen LogP contribution in [0, 0.1) is 0 Å². The molecular formula is C13H17N3OS2. The van der Waals surface area contributed by atoms with Gasteiger partial charge in [-0.1, -0.05) is 6.07 Å². The van der Waals surface area contributed by atoms with Gasteiger partial charge in [-0.05, 0) is 24.8 Å². The van der Waals surface area contributed by atoms with Gasteiger partial charge in [0.25, 0.3) is 5.91 Å². The molecule has 0 aromatic carbocycles. The van der Waals surface area contributed by atoms with Crippen molar-refractivity contribution in [2.75, 3.05) is 13.6 Å². The standard InChI is InChI=1S/C13H17N3OS2/c1-9(14)12-15-11(8-19-12)13(17)16(2)6-5-10-4-3-7-18-10/h3-4,7-9H,5-6,14H2,1-2H3. The van der Waals surface area contributed by atoms with Crippen molar-refractivity contribution in [3.63, 3.8) is 0 Å². The van der Waals surface area contributed by atoms with E-state index in [0.717, 1.165) is 11.4 Å². The van der Waals surface area contributed by atoms with Crippen LogP contribution < -0.4 is 5.73 Å². The zero-order chi connectivity index (χ0) is 13.8. The molecule has 1 unspecified atom stereocenters. The Morgan fingerprint density at radius 3 is 2.89 bits per heavy atom. The van der Waals surface area contributed by atoms with Crippen molar-refractivity contribution < 1.29 is 4.79 Å². The fourth-order valence-corrected chi connectivity index (χ4v) is 3.07. The van der Waals surface area contributed by atoms with Gasteiger partial charge >= 0.3 is 0 Å². The molecule has 102 valence electrons. The summed E-state index contributed by atoms with van der Waals surface area (Å²) in [4.78, 5) is 19.4. The topological polar surface area (TPSA) is 59.2 Å². The second-order valence-corrected chi connectivity index (χ2v) is 6.34. The van der Waals surface area contributed by atoms with Crippen molar-refractivity contribution in [3.8, 4) is 0 Å². The van der Waals surface area contributed by atoms with E-state index in [4.69, 9.17) is 5.73 Å². The van der Waals surface area contributed by atoms with Crippen molar-refractivity contribution in [1.29, 1.82) is 0 Å². The molecule has 0 aliphatic carbocycles. The number of rotatable bonds is 5. The minimum Gasteiger partial charge on any atom is -0.340 e. The smallest absolute Gasteiger partial charge is 0.273 e. The Morgan fingerprint density at radius 1 is 1.53 bits per heavy atom. The number of nitrogens with two attached hydrogens (primary N) is 1.